The average Bonchev–Trinajstić information content (AvgIpc) is 3.49. The molecule has 0 radical (unpaired) electrons. The Morgan fingerprint density at radius 2 is 1.77 bits per heavy atom. The summed E-state index contributed by atoms with van der Waals surface area (Å²) in [4.78, 5) is 18.3. The average molecular weight is 525 g/mol. The first-order valence-electron chi connectivity index (χ1n) is 12.6. The Bertz CT molecular complexity index is 1840. The van der Waals surface area contributed by atoms with Crippen molar-refractivity contribution < 1.29 is 8.78 Å². The lowest BCUT2D eigenvalue weighted by atomic mass is 10.0. The predicted molar refractivity (Wildman–Crippen MR) is 146 cm³/mol. The van der Waals surface area contributed by atoms with Crippen LogP contribution in [0.2, 0.25) is 0 Å². The summed E-state index contributed by atoms with van der Waals surface area (Å²) >= 11 is 0. The molecule has 6 aromatic rings. The summed E-state index contributed by atoms with van der Waals surface area (Å²) < 4.78 is 32.7. The Morgan fingerprint density at radius 3 is 2.54 bits per heavy atom. The minimum Gasteiger partial charge on any atom is -0.362 e. The van der Waals surface area contributed by atoms with Gasteiger partial charge in [0.25, 0.3) is 0 Å². The lowest BCUT2D eigenvalue weighted by molar-refractivity contribution is 0.557. The SMILES string of the molecule is Cc1nc2ncc(N[C@@H](C)c3cccc(F)c3)nc2n1C(C)c1cc2cc(-c3cnn(C)c3)cnc2cc1F. The van der Waals surface area contributed by atoms with Gasteiger partial charge in [0.05, 0.1) is 30.0 Å². The van der Waals surface area contributed by atoms with Crippen molar-refractivity contribution in [3.63, 3.8) is 0 Å². The van der Waals surface area contributed by atoms with Crippen LogP contribution >= 0.6 is 0 Å². The Kier molecular flexibility index (Phi) is 6.02. The quantitative estimate of drug-likeness (QED) is 0.282. The van der Waals surface area contributed by atoms with Gasteiger partial charge in [-0.2, -0.15) is 5.10 Å². The molecule has 39 heavy (non-hydrogen) atoms. The molecule has 10 heteroatoms. The second-order valence-electron chi connectivity index (χ2n) is 9.72. The molecule has 1 unspecified atom stereocenters. The minimum absolute atomic E-state index is 0.207. The zero-order chi connectivity index (χ0) is 27.3. The highest BCUT2D eigenvalue weighted by atomic mass is 19.1. The van der Waals surface area contributed by atoms with Crippen molar-refractivity contribution in [1.29, 1.82) is 0 Å². The molecule has 4 heterocycles. The first-order valence-corrected chi connectivity index (χ1v) is 12.6. The maximum atomic E-state index is 15.4. The maximum absolute atomic E-state index is 15.4. The van der Waals surface area contributed by atoms with E-state index < -0.39 is 6.04 Å². The van der Waals surface area contributed by atoms with Gasteiger partial charge in [0, 0.05) is 47.6 Å². The van der Waals surface area contributed by atoms with E-state index in [1.807, 2.05) is 56.8 Å². The largest absolute Gasteiger partial charge is 0.362 e. The zero-order valence-corrected chi connectivity index (χ0v) is 21.9. The predicted octanol–water partition coefficient (Wildman–Crippen LogP) is 6.14. The van der Waals surface area contributed by atoms with Crippen molar-refractivity contribution in [2.75, 3.05) is 5.32 Å². The maximum Gasteiger partial charge on any atom is 0.197 e. The van der Waals surface area contributed by atoms with Gasteiger partial charge in [0.15, 0.2) is 11.3 Å². The van der Waals surface area contributed by atoms with Gasteiger partial charge < -0.3 is 9.88 Å². The topological polar surface area (TPSA) is 86.3 Å². The molecule has 0 amide bonds. The van der Waals surface area contributed by atoms with Crippen LogP contribution < -0.4 is 5.32 Å². The van der Waals surface area contributed by atoms with Crippen LogP contribution in [0.3, 0.4) is 0 Å². The van der Waals surface area contributed by atoms with Crippen LogP contribution in [0.5, 0.6) is 0 Å². The molecule has 4 aromatic heterocycles. The number of hydrogen-bond donors (Lipinski definition) is 1. The number of aromatic nitrogens is 7. The van der Waals surface area contributed by atoms with Gasteiger partial charge in [-0.25, -0.2) is 23.7 Å². The monoisotopic (exact) mass is 524 g/mol. The fourth-order valence-corrected chi connectivity index (χ4v) is 4.94. The molecule has 6 rings (SSSR count). The lowest BCUT2D eigenvalue weighted by Crippen LogP contribution is -2.13. The summed E-state index contributed by atoms with van der Waals surface area (Å²) in [6.07, 6.45) is 7.01. The number of pyridine rings is 1. The van der Waals surface area contributed by atoms with Gasteiger partial charge in [0.2, 0.25) is 0 Å². The Balaban J connectivity index is 1.37. The summed E-state index contributed by atoms with van der Waals surface area (Å²) in [6, 6.07) is 11.1. The Morgan fingerprint density at radius 1 is 0.923 bits per heavy atom. The zero-order valence-electron chi connectivity index (χ0n) is 21.9. The van der Waals surface area contributed by atoms with E-state index in [0.29, 0.717) is 34.0 Å². The summed E-state index contributed by atoms with van der Waals surface area (Å²) in [5, 5.41) is 8.33. The fourth-order valence-electron chi connectivity index (χ4n) is 4.94. The van der Waals surface area contributed by atoms with E-state index in [-0.39, 0.29) is 17.7 Å². The van der Waals surface area contributed by atoms with Crippen LogP contribution in [0.1, 0.15) is 42.9 Å². The first-order chi connectivity index (χ1) is 18.8. The van der Waals surface area contributed by atoms with Crippen molar-refractivity contribution in [1.82, 2.24) is 34.3 Å². The molecule has 2 atom stereocenters. The minimum atomic E-state index is -0.424. The molecular weight excluding hydrogens is 498 g/mol. The highest BCUT2D eigenvalue weighted by molar-refractivity contribution is 5.84. The number of aryl methyl sites for hydroxylation is 2. The van der Waals surface area contributed by atoms with E-state index >= 15 is 4.39 Å². The number of fused-ring (bicyclic) bond motifs is 2. The van der Waals surface area contributed by atoms with Crippen molar-refractivity contribution in [2.24, 2.45) is 7.05 Å². The van der Waals surface area contributed by atoms with E-state index in [2.05, 4.69) is 25.4 Å². The Labute approximate surface area is 223 Å². The number of anilines is 1. The number of halogens is 2. The van der Waals surface area contributed by atoms with Gasteiger partial charge in [0.1, 0.15) is 23.3 Å². The first kappa shape index (κ1) is 24.6. The van der Waals surface area contributed by atoms with Crippen LogP contribution in [-0.4, -0.2) is 34.3 Å². The van der Waals surface area contributed by atoms with Crippen LogP contribution in [0.25, 0.3) is 33.3 Å². The second-order valence-corrected chi connectivity index (χ2v) is 9.72. The third kappa shape index (κ3) is 4.58. The lowest BCUT2D eigenvalue weighted by Gasteiger charge is -2.19. The molecule has 0 aliphatic rings. The van der Waals surface area contributed by atoms with Crippen molar-refractivity contribution in [2.45, 2.75) is 32.9 Å². The van der Waals surface area contributed by atoms with E-state index in [4.69, 9.17) is 4.98 Å². The van der Waals surface area contributed by atoms with Gasteiger partial charge in [-0.15, -0.1) is 0 Å². The number of rotatable bonds is 6. The molecule has 2 aromatic carbocycles. The molecule has 0 aliphatic heterocycles. The molecule has 0 saturated heterocycles. The molecule has 0 spiro atoms. The summed E-state index contributed by atoms with van der Waals surface area (Å²) in [6.45, 7) is 5.68. The van der Waals surface area contributed by atoms with Crippen molar-refractivity contribution in [3.05, 3.63) is 95.8 Å². The molecule has 1 N–H and O–H groups in total. The third-order valence-electron chi connectivity index (χ3n) is 6.97. The summed E-state index contributed by atoms with van der Waals surface area (Å²) in [5.41, 5.74) is 4.67. The van der Waals surface area contributed by atoms with Crippen LogP contribution in [0, 0.1) is 18.6 Å². The van der Waals surface area contributed by atoms with E-state index in [9.17, 15) is 4.39 Å². The van der Waals surface area contributed by atoms with Gasteiger partial charge >= 0.3 is 0 Å². The third-order valence-corrected chi connectivity index (χ3v) is 6.97. The van der Waals surface area contributed by atoms with E-state index in [1.165, 1.54) is 18.2 Å². The van der Waals surface area contributed by atoms with E-state index in [1.54, 1.807) is 29.3 Å². The van der Waals surface area contributed by atoms with Gasteiger partial charge in [-0.3, -0.25) is 9.67 Å². The van der Waals surface area contributed by atoms with Crippen molar-refractivity contribution in [3.8, 4) is 11.1 Å². The highest BCUT2D eigenvalue weighted by Gasteiger charge is 2.21. The van der Waals surface area contributed by atoms with Crippen LogP contribution in [0.15, 0.2) is 67.3 Å². The standard InChI is InChI=1S/C29H26F2N8/c1-16(19-6-5-7-23(30)9-19)35-27-14-33-28-29(37-27)39(18(3)36-28)17(2)24-10-20-8-21(22-13-34-38(4)15-22)12-32-26(20)11-25(24)31/h5-17H,1-4H3,(H,35,37)/t16-,17?/m0/s1. The number of nitrogens with one attached hydrogen (secondary N) is 1. The molecule has 8 nitrogen and oxygen atoms in total. The van der Waals surface area contributed by atoms with Crippen molar-refractivity contribution >= 4 is 28.0 Å². The smallest absolute Gasteiger partial charge is 0.197 e. The Hall–Kier alpha value is -4.73. The second kappa shape index (κ2) is 9.54. The number of hydrogen-bond acceptors (Lipinski definition) is 6. The molecule has 0 bridgehead atoms. The normalized spacial score (nSPS) is 13.2. The number of imidazole rings is 1. The molecule has 0 fully saturated rings. The van der Waals surface area contributed by atoms with Gasteiger partial charge in [-0.1, -0.05) is 12.1 Å². The fraction of sp³-hybridized carbons (Fsp3) is 0.207. The summed E-state index contributed by atoms with van der Waals surface area (Å²) in [5.74, 6) is 0.511. The van der Waals surface area contributed by atoms with Crippen LogP contribution in [0.4, 0.5) is 14.6 Å². The molecule has 196 valence electrons. The molecular formula is C29H26F2N8. The van der Waals surface area contributed by atoms with Crippen LogP contribution in [-0.2, 0) is 7.05 Å². The van der Waals surface area contributed by atoms with E-state index in [0.717, 1.165) is 22.1 Å². The van der Waals surface area contributed by atoms with Gasteiger partial charge in [-0.05, 0) is 50.6 Å². The number of nitrogens with zero attached hydrogens (tertiary/aromatic N) is 7. The highest BCUT2D eigenvalue weighted by Crippen LogP contribution is 2.31. The molecule has 0 saturated carbocycles. The molecule has 0 aliphatic carbocycles. The summed E-state index contributed by atoms with van der Waals surface area (Å²) in [7, 11) is 1.86. The number of benzene rings is 2.